The fraction of sp³-hybridized carbons (Fsp3) is 0.364. The Hall–Kier alpha value is -0.960. The lowest BCUT2D eigenvalue weighted by atomic mass is 10.2. The van der Waals surface area contributed by atoms with Gasteiger partial charge < -0.3 is 5.73 Å². The second-order valence-corrected chi connectivity index (χ2v) is 4.29. The van der Waals surface area contributed by atoms with Crippen molar-refractivity contribution in [1.29, 1.82) is 0 Å². The largest absolute Gasteiger partial charge is 0.369 e. The van der Waals surface area contributed by atoms with E-state index in [1.807, 2.05) is 25.1 Å². The number of carbonyl (C=O) groups excluding carboxylic acids is 1. The number of carbonyl (C=O) groups is 1. The number of hydrogen-bond acceptors (Lipinski definition) is 2. The lowest BCUT2D eigenvalue weighted by Crippen LogP contribution is -2.24. The molecule has 2 N–H and O–H groups in total. The van der Waals surface area contributed by atoms with Crippen LogP contribution in [0.25, 0.3) is 0 Å². The van der Waals surface area contributed by atoms with E-state index in [1.54, 1.807) is 11.8 Å². The Labute approximate surface area is 88.9 Å². The van der Waals surface area contributed by atoms with Crippen molar-refractivity contribution in [2.45, 2.75) is 24.3 Å². The molecule has 0 radical (unpaired) electrons. The smallest absolute Gasteiger partial charge is 0.230 e. The highest BCUT2D eigenvalue weighted by Crippen LogP contribution is 2.19. The molecule has 0 spiro atoms. The Morgan fingerprint density at radius 2 is 2.07 bits per heavy atom. The number of rotatable bonds is 5. The molecule has 0 aliphatic rings. The van der Waals surface area contributed by atoms with Crippen LogP contribution >= 0.6 is 11.8 Å². The van der Waals surface area contributed by atoms with Gasteiger partial charge >= 0.3 is 0 Å². The first kappa shape index (κ1) is 11.1. The SMILES string of the molecule is CCC(SCc1ccccc1)C(N)=O. The Kier molecular flexibility index (Phi) is 4.53. The van der Waals surface area contributed by atoms with Gasteiger partial charge in [0, 0.05) is 5.75 Å². The van der Waals surface area contributed by atoms with Gasteiger partial charge in [-0.25, -0.2) is 0 Å². The van der Waals surface area contributed by atoms with E-state index >= 15 is 0 Å². The molecule has 0 bridgehead atoms. The lowest BCUT2D eigenvalue weighted by Gasteiger charge is -2.09. The summed E-state index contributed by atoms with van der Waals surface area (Å²) < 4.78 is 0. The summed E-state index contributed by atoms with van der Waals surface area (Å²) in [7, 11) is 0. The van der Waals surface area contributed by atoms with Crippen LogP contribution in [0.2, 0.25) is 0 Å². The molecular formula is C11H15NOS. The molecule has 0 heterocycles. The quantitative estimate of drug-likeness (QED) is 0.807. The molecule has 2 nitrogen and oxygen atoms in total. The molecular weight excluding hydrogens is 194 g/mol. The minimum Gasteiger partial charge on any atom is -0.369 e. The zero-order valence-electron chi connectivity index (χ0n) is 8.27. The van der Waals surface area contributed by atoms with Gasteiger partial charge in [-0.3, -0.25) is 4.79 Å². The van der Waals surface area contributed by atoms with Crippen molar-refractivity contribution in [3.05, 3.63) is 35.9 Å². The van der Waals surface area contributed by atoms with E-state index in [1.165, 1.54) is 5.56 Å². The maximum atomic E-state index is 11.0. The highest BCUT2D eigenvalue weighted by Gasteiger charge is 2.12. The standard InChI is InChI=1S/C11H15NOS/c1-2-10(11(12)13)14-8-9-6-4-3-5-7-9/h3-7,10H,2,8H2,1H3,(H2,12,13). The van der Waals surface area contributed by atoms with Crippen LogP contribution in [-0.4, -0.2) is 11.2 Å². The molecule has 0 aromatic heterocycles. The molecule has 0 saturated carbocycles. The molecule has 1 aromatic carbocycles. The number of primary amides is 1. The molecule has 1 amide bonds. The van der Waals surface area contributed by atoms with Crippen molar-refractivity contribution in [1.82, 2.24) is 0 Å². The topological polar surface area (TPSA) is 43.1 Å². The zero-order chi connectivity index (χ0) is 10.4. The van der Waals surface area contributed by atoms with Gasteiger partial charge in [0.05, 0.1) is 5.25 Å². The van der Waals surface area contributed by atoms with E-state index in [0.717, 1.165) is 12.2 Å². The third-order valence-electron chi connectivity index (χ3n) is 1.98. The molecule has 0 aliphatic heterocycles. The number of nitrogens with two attached hydrogens (primary N) is 1. The molecule has 14 heavy (non-hydrogen) atoms. The van der Waals surface area contributed by atoms with Crippen LogP contribution in [0.3, 0.4) is 0 Å². The van der Waals surface area contributed by atoms with Crippen LogP contribution in [0.5, 0.6) is 0 Å². The van der Waals surface area contributed by atoms with Crippen molar-refractivity contribution < 1.29 is 4.79 Å². The first-order valence-corrected chi connectivity index (χ1v) is 5.73. The van der Waals surface area contributed by atoms with Crippen LogP contribution in [0, 0.1) is 0 Å². The molecule has 1 aromatic rings. The van der Waals surface area contributed by atoms with Gasteiger partial charge in [-0.2, -0.15) is 0 Å². The summed E-state index contributed by atoms with van der Waals surface area (Å²) in [6.45, 7) is 1.98. The molecule has 0 saturated heterocycles. The van der Waals surface area contributed by atoms with Gasteiger partial charge in [0.25, 0.3) is 0 Å². The Bertz CT molecular complexity index is 287. The highest BCUT2D eigenvalue weighted by molar-refractivity contribution is 7.99. The Morgan fingerprint density at radius 1 is 1.43 bits per heavy atom. The summed E-state index contributed by atoms with van der Waals surface area (Å²) in [6, 6.07) is 10.1. The second kappa shape index (κ2) is 5.70. The summed E-state index contributed by atoms with van der Waals surface area (Å²) in [6.07, 6.45) is 0.798. The highest BCUT2D eigenvalue weighted by atomic mass is 32.2. The van der Waals surface area contributed by atoms with Gasteiger partial charge in [0.15, 0.2) is 0 Å². The minimum absolute atomic E-state index is 0.0600. The summed E-state index contributed by atoms with van der Waals surface area (Å²) in [4.78, 5) is 11.0. The van der Waals surface area contributed by atoms with Crippen LogP contribution in [-0.2, 0) is 10.5 Å². The van der Waals surface area contributed by atoms with Crippen molar-refractivity contribution in [2.24, 2.45) is 5.73 Å². The summed E-state index contributed by atoms with van der Waals surface area (Å²) in [5.41, 5.74) is 6.49. The van der Waals surface area contributed by atoms with Crippen LogP contribution in [0.4, 0.5) is 0 Å². The number of hydrogen-bond donors (Lipinski definition) is 1. The average Bonchev–Trinajstić information content (AvgIpc) is 2.20. The van der Waals surface area contributed by atoms with Gasteiger partial charge in [0.1, 0.15) is 0 Å². The molecule has 1 atom stereocenters. The normalized spacial score (nSPS) is 12.4. The van der Waals surface area contributed by atoms with E-state index < -0.39 is 0 Å². The minimum atomic E-state index is -0.214. The van der Waals surface area contributed by atoms with E-state index in [9.17, 15) is 4.79 Å². The monoisotopic (exact) mass is 209 g/mol. The predicted molar refractivity (Wildman–Crippen MR) is 61.0 cm³/mol. The van der Waals surface area contributed by atoms with Crippen molar-refractivity contribution in [2.75, 3.05) is 0 Å². The van der Waals surface area contributed by atoms with Gasteiger partial charge in [-0.15, -0.1) is 11.8 Å². The fourth-order valence-electron chi connectivity index (χ4n) is 1.17. The molecule has 1 rings (SSSR count). The van der Waals surface area contributed by atoms with Gasteiger partial charge in [-0.05, 0) is 12.0 Å². The third kappa shape index (κ3) is 3.42. The van der Waals surface area contributed by atoms with Gasteiger partial charge in [-0.1, -0.05) is 37.3 Å². The van der Waals surface area contributed by atoms with Crippen molar-refractivity contribution >= 4 is 17.7 Å². The Balaban J connectivity index is 2.44. The molecule has 76 valence electrons. The lowest BCUT2D eigenvalue weighted by molar-refractivity contribution is -0.117. The van der Waals surface area contributed by atoms with Crippen LogP contribution < -0.4 is 5.73 Å². The van der Waals surface area contributed by atoms with E-state index in [0.29, 0.717) is 0 Å². The zero-order valence-corrected chi connectivity index (χ0v) is 9.09. The summed E-state index contributed by atoms with van der Waals surface area (Å²) in [5.74, 6) is 0.635. The van der Waals surface area contributed by atoms with E-state index in [2.05, 4.69) is 12.1 Å². The van der Waals surface area contributed by atoms with Crippen molar-refractivity contribution in [3.63, 3.8) is 0 Å². The second-order valence-electron chi connectivity index (χ2n) is 3.10. The third-order valence-corrected chi connectivity index (χ3v) is 3.45. The predicted octanol–water partition coefficient (Wildman–Crippen LogP) is 2.18. The first-order valence-electron chi connectivity index (χ1n) is 4.69. The number of amides is 1. The van der Waals surface area contributed by atoms with Crippen LogP contribution in [0.15, 0.2) is 30.3 Å². The molecule has 3 heteroatoms. The maximum Gasteiger partial charge on any atom is 0.230 e. The summed E-state index contributed by atoms with van der Waals surface area (Å²) >= 11 is 1.61. The summed E-state index contributed by atoms with van der Waals surface area (Å²) in [5, 5.41) is -0.0600. The van der Waals surface area contributed by atoms with Crippen LogP contribution in [0.1, 0.15) is 18.9 Å². The maximum absolute atomic E-state index is 11.0. The van der Waals surface area contributed by atoms with E-state index in [4.69, 9.17) is 5.73 Å². The van der Waals surface area contributed by atoms with Crippen molar-refractivity contribution in [3.8, 4) is 0 Å². The van der Waals surface area contributed by atoms with Gasteiger partial charge in [0.2, 0.25) is 5.91 Å². The first-order chi connectivity index (χ1) is 6.74. The average molecular weight is 209 g/mol. The number of benzene rings is 1. The molecule has 1 unspecified atom stereocenters. The fourth-order valence-corrected chi connectivity index (χ4v) is 2.16. The Morgan fingerprint density at radius 3 is 2.57 bits per heavy atom. The molecule has 0 fully saturated rings. The molecule has 0 aliphatic carbocycles. The van der Waals surface area contributed by atoms with E-state index in [-0.39, 0.29) is 11.2 Å². The number of thioether (sulfide) groups is 1.